The molecule has 1 aromatic rings. The van der Waals surface area contributed by atoms with Gasteiger partial charge < -0.3 is 15.2 Å². The molecular weight excluding hydrogens is 242 g/mol. The lowest BCUT2D eigenvalue weighted by Gasteiger charge is -2.18. The van der Waals surface area contributed by atoms with Crippen molar-refractivity contribution in [3.63, 3.8) is 0 Å². The van der Waals surface area contributed by atoms with Gasteiger partial charge in [0.1, 0.15) is 0 Å². The van der Waals surface area contributed by atoms with Crippen LogP contribution in [-0.4, -0.2) is 19.1 Å². The second kappa shape index (κ2) is 5.95. The summed E-state index contributed by atoms with van der Waals surface area (Å²) in [5.74, 6) is 0.751. The van der Waals surface area contributed by atoms with Gasteiger partial charge in [-0.15, -0.1) is 0 Å². The highest BCUT2D eigenvalue weighted by molar-refractivity contribution is 5.81. The van der Waals surface area contributed by atoms with E-state index in [0.29, 0.717) is 11.5 Å². The van der Waals surface area contributed by atoms with E-state index in [9.17, 15) is 4.79 Å². The molecule has 1 aromatic carbocycles. The van der Waals surface area contributed by atoms with Crippen molar-refractivity contribution < 1.29 is 14.3 Å². The smallest absolute Gasteiger partial charge is 0.224 e. The van der Waals surface area contributed by atoms with E-state index in [1.807, 2.05) is 18.2 Å². The Bertz CT molecular complexity index is 453. The Morgan fingerprint density at radius 3 is 2.58 bits per heavy atom. The summed E-state index contributed by atoms with van der Waals surface area (Å²) in [4.78, 5) is 11.3. The van der Waals surface area contributed by atoms with Crippen molar-refractivity contribution >= 4 is 5.91 Å². The fraction of sp³-hybridized carbons (Fsp3) is 0.533. The summed E-state index contributed by atoms with van der Waals surface area (Å²) in [6.07, 6.45) is 4.85. The van der Waals surface area contributed by atoms with Crippen LogP contribution in [0.5, 0.6) is 11.5 Å². The number of hydrogen-bond acceptors (Lipinski definition) is 3. The van der Waals surface area contributed by atoms with Gasteiger partial charge in [0.05, 0.1) is 19.1 Å². The standard InChI is InChI=1S/C15H21NO3/c1-10(15(16)17)11-7-8-13(18-2)14(9-11)19-12-5-3-4-6-12/h7-10,12H,3-6H2,1-2H3,(H2,16,17). The Hall–Kier alpha value is -1.71. The van der Waals surface area contributed by atoms with Gasteiger partial charge in [-0.25, -0.2) is 0 Å². The predicted octanol–water partition coefficient (Wildman–Crippen LogP) is 2.61. The Balaban J connectivity index is 2.22. The van der Waals surface area contributed by atoms with E-state index >= 15 is 0 Å². The minimum Gasteiger partial charge on any atom is -0.493 e. The second-order valence-corrected chi connectivity index (χ2v) is 5.06. The Morgan fingerprint density at radius 1 is 1.32 bits per heavy atom. The van der Waals surface area contributed by atoms with Crippen LogP contribution in [0.4, 0.5) is 0 Å². The van der Waals surface area contributed by atoms with Crippen LogP contribution < -0.4 is 15.2 Å². The molecule has 0 heterocycles. The molecule has 0 radical (unpaired) electrons. The topological polar surface area (TPSA) is 61.5 Å². The summed E-state index contributed by atoms with van der Waals surface area (Å²) < 4.78 is 11.3. The lowest BCUT2D eigenvalue weighted by Crippen LogP contribution is -2.19. The summed E-state index contributed by atoms with van der Waals surface area (Å²) in [7, 11) is 1.62. The van der Waals surface area contributed by atoms with Crippen molar-refractivity contribution in [1.29, 1.82) is 0 Å². The molecule has 2 N–H and O–H groups in total. The molecule has 19 heavy (non-hydrogen) atoms. The molecule has 4 heteroatoms. The average Bonchev–Trinajstić information content (AvgIpc) is 2.90. The van der Waals surface area contributed by atoms with E-state index in [-0.39, 0.29) is 17.9 Å². The zero-order valence-corrected chi connectivity index (χ0v) is 11.5. The van der Waals surface area contributed by atoms with Gasteiger partial charge in [-0.2, -0.15) is 0 Å². The van der Waals surface area contributed by atoms with Gasteiger partial charge in [-0.3, -0.25) is 4.79 Å². The zero-order valence-electron chi connectivity index (χ0n) is 11.5. The Labute approximate surface area is 113 Å². The van der Waals surface area contributed by atoms with Gasteiger partial charge in [0.25, 0.3) is 0 Å². The van der Waals surface area contributed by atoms with Gasteiger partial charge in [-0.05, 0) is 50.3 Å². The number of rotatable bonds is 5. The highest BCUT2D eigenvalue weighted by Gasteiger charge is 2.20. The predicted molar refractivity (Wildman–Crippen MR) is 73.5 cm³/mol. The first-order chi connectivity index (χ1) is 9.11. The highest BCUT2D eigenvalue weighted by atomic mass is 16.5. The van der Waals surface area contributed by atoms with E-state index in [0.717, 1.165) is 18.4 Å². The Morgan fingerprint density at radius 2 is 2.00 bits per heavy atom. The number of methoxy groups -OCH3 is 1. The molecule has 4 nitrogen and oxygen atoms in total. The summed E-state index contributed by atoms with van der Waals surface area (Å²) in [6, 6.07) is 5.56. The normalized spacial score (nSPS) is 17.2. The summed E-state index contributed by atoms with van der Waals surface area (Å²) in [5.41, 5.74) is 6.20. The quantitative estimate of drug-likeness (QED) is 0.888. The Kier molecular flexibility index (Phi) is 4.30. The van der Waals surface area contributed by atoms with Gasteiger partial charge in [-0.1, -0.05) is 6.07 Å². The number of nitrogens with two attached hydrogens (primary N) is 1. The minimum absolute atomic E-state index is 0.257. The summed E-state index contributed by atoms with van der Waals surface area (Å²) >= 11 is 0. The number of benzene rings is 1. The lowest BCUT2D eigenvalue weighted by molar-refractivity contribution is -0.119. The van der Waals surface area contributed by atoms with Crippen LogP contribution >= 0.6 is 0 Å². The van der Waals surface area contributed by atoms with Gasteiger partial charge in [0.2, 0.25) is 5.91 Å². The van der Waals surface area contributed by atoms with E-state index < -0.39 is 0 Å². The zero-order chi connectivity index (χ0) is 13.8. The number of ether oxygens (including phenoxy) is 2. The van der Waals surface area contributed by atoms with E-state index in [2.05, 4.69) is 0 Å². The number of hydrogen-bond donors (Lipinski definition) is 1. The number of amides is 1. The molecule has 0 spiro atoms. The third kappa shape index (κ3) is 3.19. The summed E-state index contributed by atoms with van der Waals surface area (Å²) in [5, 5.41) is 0. The van der Waals surface area contributed by atoms with Gasteiger partial charge in [0, 0.05) is 0 Å². The molecule has 1 atom stereocenters. The molecule has 1 aliphatic rings. The van der Waals surface area contributed by atoms with Crippen molar-refractivity contribution in [2.24, 2.45) is 5.73 Å². The lowest BCUT2D eigenvalue weighted by atomic mass is 10.0. The number of carbonyl (C=O) groups is 1. The van der Waals surface area contributed by atoms with Crippen LogP contribution in [0, 0.1) is 0 Å². The number of primary amides is 1. The molecule has 1 fully saturated rings. The van der Waals surface area contributed by atoms with E-state index in [4.69, 9.17) is 15.2 Å². The minimum atomic E-state index is -0.336. The average molecular weight is 263 g/mol. The van der Waals surface area contributed by atoms with Crippen LogP contribution in [-0.2, 0) is 4.79 Å². The van der Waals surface area contributed by atoms with Gasteiger partial charge >= 0.3 is 0 Å². The highest BCUT2D eigenvalue weighted by Crippen LogP contribution is 2.34. The first-order valence-corrected chi connectivity index (χ1v) is 6.75. The molecule has 0 bridgehead atoms. The van der Waals surface area contributed by atoms with Crippen LogP contribution in [0.15, 0.2) is 18.2 Å². The molecule has 0 aliphatic heterocycles. The van der Waals surface area contributed by atoms with Crippen molar-refractivity contribution in [2.75, 3.05) is 7.11 Å². The first-order valence-electron chi connectivity index (χ1n) is 6.75. The molecule has 0 aromatic heterocycles. The van der Waals surface area contributed by atoms with E-state index in [1.54, 1.807) is 14.0 Å². The first kappa shape index (κ1) is 13.7. The molecule has 1 unspecified atom stereocenters. The molecule has 2 rings (SSSR count). The van der Waals surface area contributed by atoms with Crippen LogP contribution in [0.1, 0.15) is 44.1 Å². The fourth-order valence-electron chi connectivity index (χ4n) is 2.40. The van der Waals surface area contributed by atoms with Crippen LogP contribution in [0.25, 0.3) is 0 Å². The molecule has 1 saturated carbocycles. The van der Waals surface area contributed by atoms with Crippen LogP contribution in [0.3, 0.4) is 0 Å². The fourth-order valence-corrected chi connectivity index (χ4v) is 2.40. The third-order valence-corrected chi connectivity index (χ3v) is 3.71. The molecule has 1 amide bonds. The maximum atomic E-state index is 11.3. The van der Waals surface area contributed by atoms with Crippen molar-refractivity contribution in [1.82, 2.24) is 0 Å². The maximum absolute atomic E-state index is 11.3. The molecule has 1 aliphatic carbocycles. The summed E-state index contributed by atoms with van der Waals surface area (Å²) in [6.45, 7) is 1.80. The monoisotopic (exact) mass is 263 g/mol. The second-order valence-electron chi connectivity index (χ2n) is 5.06. The molecule has 104 valence electrons. The third-order valence-electron chi connectivity index (χ3n) is 3.71. The largest absolute Gasteiger partial charge is 0.493 e. The van der Waals surface area contributed by atoms with E-state index in [1.165, 1.54) is 12.8 Å². The maximum Gasteiger partial charge on any atom is 0.224 e. The number of carbonyl (C=O) groups excluding carboxylic acids is 1. The van der Waals surface area contributed by atoms with Crippen LogP contribution in [0.2, 0.25) is 0 Å². The SMILES string of the molecule is COc1ccc(C(C)C(N)=O)cc1OC1CCCC1. The van der Waals surface area contributed by atoms with Crippen molar-refractivity contribution in [3.8, 4) is 11.5 Å². The van der Waals surface area contributed by atoms with Gasteiger partial charge in [0.15, 0.2) is 11.5 Å². The molecular formula is C15H21NO3. The molecule has 0 saturated heterocycles. The van der Waals surface area contributed by atoms with Crippen molar-refractivity contribution in [3.05, 3.63) is 23.8 Å². The van der Waals surface area contributed by atoms with Crippen molar-refractivity contribution in [2.45, 2.75) is 44.6 Å².